The summed E-state index contributed by atoms with van der Waals surface area (Å²) in [5.74, 6) is 0.833. The third kappa shape index (κ3) is 9.32. The van der Waals surface area contributed by atoms with Crippen molar-refractivity contribution in [3.8, 4) is 0 Å². The number of hydrogen-bond acceptors (Lipinski definition) is 3. The van der Waals surface area contributed by atoms with Gasteiger partial charge in [-0.05, 0) is 43.4 Å². The summed E-state index contributed by atoms with van der Waals surface area (Å²) in [6.45, 7) is 5.75. The summed E-state index contributed by atoms with van der Waals surface area (Å²) in [5, 5.41) is 6.70. The molecule has 0 unspecified atom stereocenters. The predicted octanol–water partition coefficient (Wildman–Crippen LogP) is 4.31. The molecular weight excluding hydrogens is 515 g/mol. The predicted molar refractivity (Wildman–Crippen MR) is 142 cm³/mol. The number of guanidine groups is 1. The maximum Gasteiger partial charge on any atom is 0.250 e. The average molecular weight is 553 g/mol. The van der Waals surface area contributed by atoms with Crippen LogP contribution in [0.15, 0.2) is 58.4 Å². The molecule has 0 amide bonds. The van der Waals surface area contributed by atoms with E-state index in [9.17, 15) is 4.79 Å². The lowest BCUT2D eigenvalue weighted by Crippen LogP contribution is -2.38. The topological polar surface area (TPSA) is 67.7 Å². The summed E-state index contributed by atoms with van der Waals surface area (Å²) in [5.41, 5.74) is 2.26. The molecule has 176 valence electrons. The van der Waals surface area contributed by atoms with Crippen molar-refractivity contribution in [2.75, 3.05) is 19.7 Å². The number of nitrogens with zero attached hydrogens (tertiary/aromatic N) is 2. The Morgan fingerprint density at radius 2 is 1.81 bits per heavy atom. The standard InChI is InChI=1S/C25H36N4O2.HI/c1-2-26-25(27-16-8-18-31-23-9-4-3-5-10-23)28-19-21-12-14-22(15-13-21)20-29-17-7-6-11-24(29)30;/h6-7,11-15,17,23H,2-5,8-10,16,18-20H2,1H3,(H2,26,27,28);1H. The van der Waals surface area contributed by atoms with Crippen LogP contribution in [0.3, 0.4) is 0 Å². The Balaban J connectivity index is 0.00000363. The molecule has 0 aliphatic heterocycles. The fraction of sp³-hybridized carbons (Fsp3) is 0.520. The normalized spacial score (nSPS) is 14.6. The van der Waals surface area contributed by atoms with E-state index in [0.29, 0.717) is 19.2 Å². The highest BCUT2D eigenvalue weighted by Gasteiger charge is 2.12. The summed E-state index contributed by atoms with van der Waals surface area (Å²) in [4.78, 5) is 16.6. The minimum atomic E-state index is 0. The molecule has 6 nitrogen and oxygen atoms in total. The van der Waals surface area contributed by atoms with E-state index in [-0.39, 0.29) is 29.5 Å². The van der Waals surface area contributed by atoms with Crippen LogP contribution in [0, 0.1) is 0 Å². The summed E-state index contributed by atoms with van der Waals surface area (Å²) in [6, 6.07) is 13.5. The van der Waals surface area contributed by atoms with E-state index in [4.69, 9.17) is 9.73 Å². The Bertz CT molecular complexity index is 861. The van der Waals surface area contributed by atoms with Gasteiger partial charge in [-0.1, -0.05) is 49.6 Å². The van der Waals surface area contributed by atoms with Gasteiger partial charge in [0.15, 0.2) is 5.96 Å². The van der Waals surface area contributed by atoms with E-state index in [2.05, 4.69) is 41.8 Å². The lowest BCUT2D eigenvalue weighted by Gasteiger charge is -2.22. The molecule has 0 saturated heterocycles. The first-order valence-electron chi connectivity index (χ1n) is 11.6. The molecule has 0 radical (unpaired) electrons. The van der Waals surface area contributed by atoms with Crippen LogP contribution in [-0.2, 0) is 17.8 Å². The van der Waals surface area contributed by atoms with Crippen molar-refractivity contribution < 1.29 is 4.74 Å². The van der Waals surface area contributed by atoms with Gasteiger partial charge in [0.2, 0.25) is 0 Å². The first-order chi connectivity index (χ1) is 15.2. The zero-order chi connectivity index (χ0) is 21.7. The highest BCUT2D eigenvalue weighted by molar-refractivity contribution is 14.0. The smallest absolute Gasteiger partial charge is 0.250 e. The maximum atomic E-state index is 11.9. The number of pyridine rings is 1. The number of halogens is 1. The van der Waals surface area contributed by atoms with E-state index in [1.165, 1.54) is 32.1 Å². The molecule has 0 bridgehead atoms. The highest BCUT2D eigenvalue weighted by atomic mass is 127. The van der Waals surface area contributed by atoms with Crippen molar-refractivity contribution in [2.24, 2.45) is 4.99 Å². The van der Waals surface area contributed by atoms with Crippen LogP contribution in [0.2, 0.25) is 0 Å². The van der Waals surface area contributed by atoms with Gasteiger partial charge in [-0.3, -0.25) is 4.79 Å². The largest absolute Gasteiger partial charge is 0.378 e. The number of benzene rings is 1. The van der Waals surface area contributed by atoms with Crippen LogP contribution in [0.1, 0.15) is 56.6 Å². The molecule has 1 aromatic carbocycles. The Morgan fingerprint density at radius 1 is 1.06 bits per heavy atom. The monoisotopic (exact) mass is 552 g/mol. The van der Waals surface area contributed by atoms with E-state index >= 15 is 0 Å². The second-order valence-corrected chi connectivity index (χ2v) is 8.09. The number of aromatic nitrogens is 1. The maximum absolute atomic E-state index is 11.9. The van der Waals surface area contributed by atoms with Crippen LogP contribution in [0.5, 0.6) is 0 Å². The summed E-state index contributed by atoms with van der Waals surface area (Å²) in [6.07, 6.45) is 9.69. The van der Waals surface area contributed by atoms with Crippen LogP contribution < -0.4 is 16.2 Å². The van der Waals surface area contributed by atoms with Gasteiger partial charge in [-0.15, -0.1) is 24.0 Å². The minimum Gasteiger partial charge on any atom is -0.378 e. The molecule has 1 heterocycles. The number of ether oxygens (including phenoxy) is 1. The third-order valence-corrected chi connectivity index (χ3v) is 5.56. The second-order valence-electron chi connectivity index (χ2n) is 8.09. The number of rotatable bonds is 10. The third-order valence-electron chi connectivity index (χ3n) is 5.56. The van der Waals surface area contributed by atoms with Gasteiger partial charge in [0.05, 0.1) is 19.2 Å². The molecule has 1 aliphatic rings. The van der Waals surface area contributed by atoms with Gasteiger partial charge in [0, 0.05) is 32.0 Å². The fourth-order valence-electron chi connectivity index (χ4n) is 3.81. The molecule has 2 aromatic rings. The molecular formula is C25H37IN4O2. The van der Waals surface area contributed by atoms with Crippen LogP contribution in [-0.4, -0.2) is 36.3 Å². The van der Waals surface area contributed by atoms with Gasteiger partial charge in [-0.25, -0.2) is 4.99 Å². The van der Waals surface area contributed by atoms with Crippen molar-refractivity contribution in [1.82, 2.24) is 15.2 Å². The molecule has 7 heteroatoms. The molecule has 2 N–H and O–H groups in total. The van der Waals surface area contributed by atoms with E-state index in [1.54, 1.807) is 16.7 Å². The van der Waals surface area contributed by atoms with Crippen LogP contribution in [0.4, 0.5) is 0 Å². The van der Waals surface area contributed by atoms with E-state index < -0.39 is 0 Å². The Labute approximate surface area is 208 Å². The average Bonchev–Trinajstić information content (AvgIpc) is 2.80. The lowest BCUT2D eigenvalue weighted by atomic mass is 9.98. The van der Waals surface area contributed by atoms with Crippen LogP contribution >= 0.6 is 24.0 Å². The van der Waals surface area contributed by atoms with Gasteiger partial charge < -0.3 is 19.9 Å². The Kier molecular flexibility index (Phi) is 12.4. The number of aliphatic imine (C=N–C) groups is 1. The molecule has 0 spiro atoms. The van der Waals surface area contributed by atoms with Crippen molar-refractivity contribution in [3.63, 3.8) is 0 Å². The molecule has 0 atom stereocenters. The quantitative estimate of drug-likeness (QED) is 0.200. The minimum absolute atomic E-state index is 0. The van der Waals surface area contributed by atoms with Crippen molar-refractivity contribution in [3.05, 3.63) is 70.1 Å². The molecule has 1 aliphatic carbocycles. The number of nitrogens with one attached hydrogen (secondary N) is 2. The molecule has 3 rings (SSSR count). The van der Waals surface area contributed by atoms with Gasteiger partial charge in [0.25, 0.3) is 5.56 Å². The first kappa shape index (κ1) is 26.4. The fourth-order valence-corrected chi connectivity index (χ4v) is 3.81. The van der Waals surface area contributed by atoms with Crippen molar-refractivity contribution >= 4 is 29.9 Å². The lowest BCUT2D eigenvalue weighted by molar-refractivity contribution is 0.0277. The molecule has 1 aromatic heterocycles. The zero-order valence-electron chi connectivity index (χ0n) is 19.1. The Morgan fingerprint density at radius 3 is 2.53 bits per heavy atom. The molecule has 32 heavy (non-hydrogen) atoms. The molecule has 1 fully saturated rings. The Hall–Kier alpha value is -1.87. The zero-order valence-corrected chi connectivity index (χ0v) is 21.4. The summed E-state index contributed by atoms with van der Waals surface area (Å²) in [7, 11) is 0. The van der Waals surface area contributed by atoms with Gasteiger partial charge >= 0.3 is 0 Å². The first-order valence-corrected chi connectivity index (χ1v) is 11.6. The van der Waals surface area contributed by atoms with Crippen molar-refractivity contribution in [1.29, 1.82) is 0 Å². The SMILES string of the molecule is CCNC(=NCc1ccc(Cn2ccccc2=O)cc1)NCCCOC1CCCCC1.I. The van der Waals surface area contributed by atoms with E-state index in [0.717, 1.165) is 43.2 Å². The van der Waals surface area contributed by atoms with Gasteiger partial charge in [0.1, 0.15) is 0 Å². The molecule has 1 saturated carbocycles. The van der Waals surface area contributed by atoms with E-state index in [1.807, 2.05) is 12.3 Å². The number of hydrogen-bond donors (Lipinski definition) is 2. The summed E-state index contributed by atoms with van der Waals surface area (Å²) < 4.78 is 7.70. The van der Waals surface area contributed by atoms with Gasteiger partial charge in [-0.2, -0.15) is 0 Å². The van der Waals surface area contributed by atoms with Crippen molar-refractivity contribution in [2.45, 2.75) is 64.6 Å². The van der Waals surface area contributed by atoms with Crippen LogP contribution in [0.25, 0.3) is 0 Å². The second kappa shape index (κ2) is 15.1. The summed E-state index contributed by atoms with van der Waals surface area (Å²) >= 11 is 0. The highest BCUT2D eigenvalue weighted by Crippen LogP contribution is 2.20.